The van der Waals surface area contributed by atoms with E-state index < -0.39 is 23.5 Å². The van der Waals surface area contributed by atoms with Crippen molar-refractivity contribution in [2.45, 2.75) is 26.0 Å². The number of nitrogens with zero attached hydrogens (tertiary/aromatic N) is 1. The third kappa shape index (κ3) is 6.36. The Morgan fingerprint density at radius 3 is 2.14 bits per heavy atom. The van der Waals surface area contributed by atoms with Crippen molar-refractivity contribution < 1.29 is 38.5 Å². The molecular formula is C33H38N2O7. The second-order valence-electron chi connectivity index (χ2n) is 10.5. The number of hydrogen-bond acceptors (Lipinski definition) is 7. The van der Waals surface area contributed by atoms with Gasteiger partial charge in [-0.2, -0.15) is 0 Å². The van der Waals surface area contributed by atoms with E-state index in [-0.39, 0.29) is 5.57 Å². The summed E-state index contributed by atoms with van der Waals surface area (Å²) in [5.41, 5.74) is 2.47. The molecule has 1 amide bonds. The van der Waals surface area contributed by atoms with Gasteiger partial charge in [-0.05, 0) is 53.4 Å². The monoisotopic (exact) mass is 574 g/mol. The van der Waals surface area contributed by atoms with Crippen LogP contribution in [0.25, 0.3) is 5.76 Å². The van der Waals surface area contributed by atoms with Gasteiger partial charge in [0.2, 0.25) is 11.5 Å². The molecule has 0 spiro atoms. The quantitative estimate of drug-likeness (QED) is 0.201. The Bertz CT molecular complexity index is 1440. The van der Waals surface area contributed by atoms with E-state index in [0.29, 0.717) is 53.7 Å². The molecule has 0 aromatic heterocycles. The molecule has 1 fully saturated rings. The number of aryl methyl sites for hydroxylation is 1. The minimum atomic E-state index is -0.919. The molecule has 0 saturated carbocycles. The summed E-state index contributed by atoms with van der Waals surface area (Å²) < 4.78 is 22.5. The molecule has 3 aromatic carbocycles. The Kier molecular flexibility index (Phi) is 9.75. The number of ether oxygens (including phenoxy) is 4. The van der Waals surface area contributed by atoms with E-state index in [1.807, 2.05) is 51.4 Å². The number of methoxy groups -OCH3 is 3. The van der Waals surface area contributed by atoms with Crippen LogP contribution in [0.4, 0.5) is 0 Å². The van der Waals surface area contributed by atoms with Crippen LogP contribution < -0.4 is 29.0 Å². The number of nitrogens with one attached hydrogen (secondary N) is 1. The second-order valence-corrected chi connectivity index (χ2v) is 10.5. The maximum Gasteiger partial charge on any atom is 0.295 e. The first-order chi connectivity index (χ1) is 20.2. The highest BCUT2D eigenvalue weighted by molar-refractivity contribution is 6.46. The number of carbonyl (C=O) groups is 2. The highest BCUT2D eigenvalue weighted by Crippen LogP contribution is 2.45. The Morgan fingerprint density at radius 2 is 1.57 bits per heavy atom. The van der Waals surface area contributed by atoms with Crippen molar-refractivity contribution in [1.82, 2.24) is 4.90 Å². The van der Waals surface area contributed by atoms with E-state index in [0.717, 1.165) is 17.7 Å². The summed E-state index contributed by atoms with van der Waals surface area (Å²) in [6.45, 7) is 3.31. The fraction of sp³-hybridized carbons (Fsp3) is 0.333. The highest BCUT2D eigenvalue weighted by Gasteiger charge is 2.44. The van der Waals surface area contributed by atoms with Crippen molar-refractivity contribution >= 4 is 17.4 Å². The van der Waals surface area contributed by atoms with Crippen molar-refractivity contribution in [3.8, 4) is 23.0 Å². The predicted molar refractivity (Wildman–Crippen MR) is 157 cm³/mol. The summed E-state index contributed by atoms with van der Waals surface area (Å²) >= 11 is 0. The molecule has 9 nitrogen and oxygen atoms in total. The molecule has 1 atom stereocenters. The van der Waals surface area contributed by atoms with Crippen LogP contribution in [0.3, 0.4) is 0 Å². The number of Topliss-reactive ketones (excluding diaryl/α,β-unsaturated/α-hetero) is 1. The van der Waals surface area contributed by atoms with Gasteiger partial charge < -0.3 is 33.9 Å². The number of benzene rings is 3. The van der Waals surface area contributed by atoms with Crippen LogP contribution in [0, 0.1) is 6.92 Å². The first-order valence-corrected chi connectivity index (χ1v) is 13.8. The smallest absolute Gasteiger partial charge is 0.295 e. The van der Waals surface area contributed by atoms with Crippen molar-refractivity contribution in [1.29, 1.82) is 0 Å². The Balaban J connectivity index is 1.77. The first kappa shape index (κ1) is 30.5. The van der Waals surface area contributed by atoms with Gasteiger partial charge >= 0.3 is 0 Å². The molecule has 1 unspecified atom stereocenters. The lowest BCUT2D eigenvalue weighted by atomic mass is 9.94. The van der Waals surface area contributed by atoms with Gasteiger partial charge in [-0.15, -0.1) is 0 Å². The van der Waals surface area contributed by atoms with Gasteiger partial charge in [-0.1, -0.05) is 42.2 Å². The minimum Gasteiger partial charge on any atom is -0.872 e. The van der Waals surface area contributed by atoms with Crippen LogP contribution in [0.2, 0.25) is 0 Å². The molecular weight excluding hydrogens is 536 g/mol. The Labute approximate surface area is 246 Å². The lowest BCUT2D eigenvalue weighted by Crippen LogP contribution is -3.05. The zero-order valence-corrected chi connectivity index (χ0v) is 25.0. The van der Waals surface area contributed by atoms with E-state index in [1.165, 1.54) is 31.1 Å². The molecule has 1 aliphatic heterocycles. The number of hydrogen-bond donors (Lipinski definition) is 1. The molecule has 9 heteroatoms. The van der Waals surface area contributed by atoms with E-state index in [2.05, 4.69) is 0 Å². The maximum atomic E-state index is 14.0. The standard InChI is InChI=1S/C33H38N2O7/c1-21-17-23(13-14-25(21)42-20-22-11-8-7-9-12-22)30(36)28-29(35(33(38)31(28)37)16-10-15-34(2)3)24-18-26(39-4)32(41-6)27(19-24)40-5/h7-9,11-14,17-19,29,36H,10,15-16,20H2,1-6H3. The number of ketones is 1. The second kappa shape index (κ2) is 13.4. The number of likely N-dealkylation sites (tertiary alicyclic amines) is 1. The van der Waals surface area contributed by atoms with Gasteiger partial charge in [0.15, 0.2) is 11.5 Å². The SMILES string of the molecule is COc1cc(C2C(=C([O-])c3ccc(OCc4ccccc4)c(C)c3)C(=O)C(=O)N2CCC[NH+](C)C)cc(OC)c1OC. The first-order valence-electron chi connectivity index (χ1n) is 13.8. The van der Waals surface area contributed by atoms with Crippen LogP contribution in [-0.4, -0.2) is 65.1 Å². The van der Waals surface area contributed by atoms with Crippen molar-refractivity contribution in [3.63, 3.8) is 0 Å². The average Bonchev–Trinajstić information content (AvgIpc) is 3.24. The zero-order valence-electron chi connectivity index (χ0n) is 25.0. The van der Waals surface area contributed by atoms with Gasteiger partial charge in [-0.3, -0.25) is 9.59 Å². The van der Waals surface area contributed by atoms with Gasteiger partial charge in [-0.25, -0.2) is 0 Å². The van der Waals surface area contributed by atoms with Gasteiger partial charge in [0.25, 0.3) is 5.91 Å². The van der Waals surface area contributed by atoms with Gasteiger partial charge in [0.1, 0.15) is 12.4 Å². The van der Waals surface area contributed by atoms with E-state index in [4.69, 9.17) is 18.9 Å². The molecule has 0 aliphatic carbocycles. The normalized spacial score (nSPS) is 16.2. The highest BCUT2D eigenvalue weighted by atomic mass is 16.5. The number of quaternary nitrogens is 1. The average molecular weight is 575 g/mol. The minimum absolute atomic E-state index is 0.108. The molecule has 4 rings (SSSR count). The number of amides is 1. The predicted octanol–water partition coefficient (Wildman–Crippen LogP) is 2.36. The Morgan fingerprint density at radius 1 is 0.905 bits per heavy atom. The summed E-state index contributed by atoms with van der Waals surface area (Å²) in [5.74, 6) is -0.299. The lowest BCUT2D eigenvalue weighted by Gasteiger charge is -2.28. The lowest BCUT2D eigenvalue weighted by molar-refractivity contribution is -0.858. The van der Waals surface area contributed by atoms with E-state index >= 15 is 0 Å². The van der Waals surface area contributed by atoms with Gasteiger partial charge in [0.05, 0.1) is 48.0 Å². The number of rotatable bonds is 12. The van der Waals surface area contributed by atoms with Crippen LogP contribution in [0.1, 0.15) is 34.7 Å². The van der Waals surface area contributed by atoms with Crippen molar-refractivity contribution in [2.75, 3.05) is 48.5 Å². The molecule has 1 heterocycles. The third-order valence-corrected chi connectivity index (χ3v) is 7.28. The third-order valence-electron chi connectivity index (χ3n) is 7.28. The largest absolute Gasteiger partial charge is 0.872 e. The topological polar surface area (TPSA) is 102 Å². The molecule has 222 valence electrons. The molecule has 42 heavy (non-hydrogen) atoms. The summed E-state index contributed by atoms with van der Waals surface area (Å²) in [4.78, 5) is 29.5. The summed E-state index contributed by atoms with van der Waals surface area (Å²) in [6.07, 6.45) is 0.649. The van der Waals surface area contributed by atoms with Gasteiger partial charge in [0, 0.05) is 18.5 Å². The molecule has 1 aliphatic rings. The van der Waals surface area contributed by atoms with Crippen LogP contribution >= 0.6 is 0 Å². The maximum absolute atomic E-state index is 14.0. The fourth-order valence-corrected chi connectivity index (χ4v) is 5.15. The Hall–Kier alpha value is -4.50. The van der Waals surface area contributed by atoms with Crippen molar-refractivity contribution in [3.05, 3.63) is 88.5 Å². The van der Waals surface area contributed by atoms with E-state index in [1.54, 1.807) is 30.3 Å². The summed E-state index contributed by atoms with van der Waals surface area (Å²) in [7, 11) is 8.51. The molecule has 3 aromatic rings. The van der Waals surface area contributed by atoms with Crippen molar-refractivity contribution in [2.24, 2.45) is 0 Å². The zero-order chi connectivity index (χ0) is 30.4. The fourth-order valence-electron chi connectivity index (χ4n) is 5.15. The molecule has 1 saturated heterocycles. The summed E-state index contributed by atoms with van der Waals surface area (Å²) in [6, 6.07) is 17.3. The van der Waals surface area contributed by atoms with Crippen LogP contribution in [-0.2, 0) is 16.2 Å². The van der Waals surface area contributed by atoms with Crippen LogP contribution in [0.15, 0.2) is 66.2 Å². The van der Waals surface area contributed by atoms with E-state index in [9.17, 15) is 14.7 Å². The number of carbonyl (C=O) groups excluding carboxylic acids is 2. The van der Waals surface area contributed by atoms with Crippen LogP contribution in [0.5, 0.6) is 23.0 Å². The molecule has 0 bridgehead atoms. The molecule has 1 N–H and O–H groups in total. The molecule has 0 radical (unpaired) electrons. The summed E-state index contributed by atoms with van der Waals surface area (Å²) in [5, 5.41) is 14.0.